The van der Waals surface area contributed by atoms with Crippen LogP contribution in [0.4, 0.5) is 0 Å². The van der Waals surface area contributed by atoms with Crippen molar-refractivity contribution in [3.8, 4) is 0 Å². The number of aryl methyl sites for hydroxylation is 1. The Kier molecular flexibility index (Phi) is 6.00. The summed E-state index contributed by atoms with van der Waals surface area (Å²) in [6, 6.07) is 4.24. The van der Waals surface area contributed by atoms with Gasteiger partial charge in [0.05, 0.1) is 6.61 Å². The zero-order valence-corrected chi connectivity index (χ0v) is 9.94. The SMILES string of the molecule is COCC(CCO)NCc1ccc(C)nc1. The Morgan fingerprint density at radius 3 is 2.88 bits per heavy atom. The van der Waals surface area contributed by atoms with E-state index in [9.17, 15) is 0 Å². The summed E-state index contributed by atoms with van der Waals surface area (Å²) in [6.07, 6.45) is 2.57. The number of pyridine rings is 1. The van der Waals surface area contributed by atoms with Gasteiger partial charge < -0.3 is 15.2 Å². The number of aliphatic hydroxyl groups is 1. The van der Waals surface area contributed by atoms with Crippen molar-refractivity contribution in [2.24, 2.45) is 0 Å². The normalized spacial score (nSPS) is 12.7. The molecule has 1 aromatic rings. The molecule has 0 aliphatic carbocycles. The van der Waals surface area contributed by atoms with Gasteiger partial charge in [-0.05, 0) is 25.0 Å². The molecular formula is C12H20N2O2. The number of aliphatic hydroxyl groups excluding tert-OH is 1. The van der Waals surface area contributed by atoms with Crippen LogP contribution >= 0.6 is 0 Å². The van der Waals surface area contributed by atoms with Crippen molar-refractivity contribution < 1.29 is 9.84 Å². The Hall–Kier alpha value is -0.970. The highest BCUT2D eigenvalue weighted by atomic mass is 16.5. The fourth-order valence-electron chi connectivity index (χ4n) is 1.47. The minimum absolute atomic E-state index is 0.174. The molecule has 1 unspecified atom stereocenters. The predicted octanol–water partition coefficient (Wildman–Crippen LogP) is 0.877. The summed E-state index contributed by atoms with van der Waals surface area (Å²) in [7, 11) is 1.67. The van der Waals surface area contributed by atoms with Gasteiger partial charge in [-0.1, -0.05) is 6.07 Å². The lowest BCUT2D eigenvalue weighted by Gasteiger charge is -2.16. The fraction of sp³-hybridized carbons (Fsp3) is 0.583. The summed E-state index contributed by atoms with van der Waals surface area (Å²) >= 11 is 0. The Bertz CT molecular complexity index is 282. The summed E-state index contributed by atoms with van der Waals surface area (Å²) < 4.78 is 5.07. The molecule has 0 radical (unpaired) electrons. The quantitative estimate of drug-likeness (QED) is 0.722. The van der Waals surface area contributed by atoms with Crippen LogP contribution in [0.5, 0.6) is 0 Å². The topological polar surface area (TPSA) is 54.4 Å². The molecule has 2 N–H and O–H groups in total. The fourth-order valence-corrected chi connectivity index (χ4v) is 1.47. The second-order valence-corrected chi connectivity index (χ2v) is 3.85. The zero-order valence-electron chi connectivity index (χ0n) is 9.94. The summed E-state index contributed by atoms with van der Waals surface area (Å²) in [5, 5.41) is 12.2. The summed E-state index contributed by atoms with van der Waals surface area (Å²) in [5.41, 5.74) is 2.16. The van der Waals surface area contributed by atoms with E-state index in [1.54, 1.807) is 7.11 Å². The number of nitrogens with one attached hydrogen (secondary N) is 1. The molecule has 1 aromatic heterocycles. The van der Waals surface area contributed by atoms with Crippen molar-refractivity contribution in [3.63, 3.8) is 0 Å². The summed E-state index contributed by atoms with van der Waals surface area (Å²) in [4.78, 5) is 4.23. The maximum absolute atomic E-state index is 8.89. The van der Waals surface area contributed by atoms with E-state index in [0.717, 1.165) is 17.8 Å². The van der Waals surface area contributed by atoms with Crippen LogP contribution in [-0.4, -0.2) is 36.5 Å². The summed E-state index contributed by atoms with van der Waals surface area (Å²) in [6.45, 7) is 3.50. The Balaban J connectivity index is 2.38. The zero-order chi connectivity index (χ0) is 11.8. The van der Waals surface area contributed by atoms with E-state index in [2.05, 4.69) is 16.4 Å². The van der Waals surface area contributed by atoms with E-state index < -0.39 is 0 Å². The number of ether oxygens (including phenoxy) is 1. The van der Waals surface area contributed by atoms with E-state index in [1.165, 1.54) is 0 Å². The Morgan fingerprint density at radius 2 is 2.31 bits per heavy atom. The van der Waals surface area contributed by atoms with Crippen molar-refractivity contribution in [1.82, 2.24) is 10.3 Å². The molecule has 0 aliphatic heterocycles. The van der Waals surface area contributed by atoms with Crippen molar-refractivity contribution in [1.29, 1.82) is 0 Å². The lowest BCUT2D eigenvalue weighted by atomic mass is 10.2. The maximum atomic E-state index is 8.89. The van der Waals surface area contributed by atoms with Crippen LogP contribution in [0.15, 0.2) is 18.3 Å². The van der Waals surface area contributed by atoms with Gasteiger partial charge in [0.15, 0.2) is 0 Å². The van der Waals surface area contributed by atoms with Gasteiger partial charge in [0.2, 0.25) is 0 Å². The van der Waals surface area contributed by atoms with Gasteiger partial charge in [0.1, 0.15) is 0 Å². The van der Waals surface area contributed by atoms with E-state index in [-0.39, 0.29) is 12.6 Å². The highest BCUT2D eigenvalue weighted by Gasteiger charge is 2.06. The molecule has 4 heteroatoms. The van der Waals surface area contributed by atoms with E-state index >= 15 is 0 Å². The number of rotatable bonds is 7. The molecule has 0 saturated heterocycles. The standard InChI is InChI=1S/C12H20N2O2/c1-10-3-4-11(7-13-10)8-14-12(5-6-15)9-16-2/h3-4,7,12,14-15H,5-6,8-9H2,1-2H3. The predicted molar refractivity (Wildman–Crippen MR) is 63.2 cm³/mol. The van der Waals surface area contributed by atoms with Crippen molar-refractivity contribution in [2.45, 2.75) is 25.9 Å². The van der Waals surface area contributed by atoms with Gasteiger partial charge in [0.25, 0.3) is 0 Å². The average molecular weight is 224 g/mol. The van der Waals surface area contributed by atoms with Gasteiger partial charge in [-0.2, -0.15) is 0 Å². The van der Waals surface area contributed by atoms with Crippen molar-refractivity contribution in [3.05, 3.63) is 29.6 Å². The van der Waals surface area contributed by atoms with Crippen LogP contribution in [0.2, 0.25) is 0 Å². The molecule has 1 rings (SSSR count). The molecule has 16 heavy (non-hydrogen) atoms. The van der Waals surface area contributed by atoms with Crippen LogP contribution in [0.3, 0.4) is 0 Å². The molecule has 0 bridgehead atoms. The van der Waals surface area contributed by atoms with Crippen LogP contribution < -0.4 is 5.32 Å². The Morgan fingerprint density at radius 1 is 1.50 bits per heavy atom. The Labute approximate surface area is 96.7 Å². The van der Waals surface area contributed by atoms with Gasteiger partial charge in [-0.25, -0.2) is 0 Å². The van der Waals surface area contributed by atoms with Crippen LogP contribution in [-0.2, 0) is 11.3 Å². The first-order valence-corrected chi connectivity index (χ1v) is 5.51. The molecule has 90 valence electrons. The molecule has 0 aromatic carbocycles. The third-order valence-electron chi connectivity index (χ3n) is 2.41. The van der Waals surface area contributed by atoms with Gasteiger partial charge in [-0.15, -0.1) is 0 Å². The van der Waals surface area contributed by atoms with E-state index in [1.807, 2.05) is 19.2 Å². The molecular weight excluding hydrogens is 204 g/mol. The van der Waals surface area contributed by atoms with Crippen molar-refractivity contribution in [2.75, 3.05) is 20.3 Å². The largest absolute Gasteiger partial charge is 0.396 e. The highest BCUT2D eigenvalue weighted by Crippen LogP contribution is 2.00. The number of aromatic nitrogens is 1. The molecule has 0 fully saturated rings. The van der Waals surface area contributed by atoms with Crippen LogP contribution in [0, 0.1) is 6.92 Å². The highest BCUT2D eigenvalue weighted by molar-refractivity contribution is 5.12. The first-order chi connectivity index (χ1) is 7.76. The van der Waals surface area contributed by atoms with Crippen LogP contribution in [0.25, 0.3) is 0 Å². The molecule has 0 amide bonds. The van der Waals surface area contributed by atoms with E-state index in [0.29, 0.717) is 13.0 Å². The monoisotopic (exact) mass is 224 g/mol. The summed E-state index contributed by atoms with van der Waals surface area (Å²) in [5.74, 6) is 0. The minimum Gasteiger partial charge on any atom is -0.396 e. The second kappa shape index (κ2) is 7.33. The van der Waals surface area contributed by atoms with E-state index in [4.69, 9.17) is 9.84 Å². The third-order valence-corrected chi connectivity index (χ3v) is 2.41. The van der Waals surface area contributed by atoms with Crippen molar-refractivity contribution >= 4 is 0 Å². The lowest BCUT2D eigenvalue weighted by Crippen LogP contribution is -2.33. The minimum atomic E-state index is 0.174. The molecule has 1 heterocycles. The maximum Gasteiger partial charge on any atom is 0.0616 e. The average Bonchev–Trinajstić information content (AvgIpc) is 2.29. The molecule has 1 atom stereocenters. The van der Waals surface area contributed by atoms with Gasteiger partial charge in [0, 0.05) is 38.2 Å². The number of hydrogen-bond donors (Lipinski definition) is 2. The first kappa shape index (κ1) is 13.1. The molecule has 0 spiro atoms. The molecule has 4 nitrogen and oxygen atoms in total. The first-order valence-electron chi connectivity index (χ1n) is 5.51. The number of methoxy groups -OCH3 is 1. The number of hydrogen-bond acceptors (Lipinski definition) is 4. The third kappa shape index (κ3) is 4.70. The second-order valence-electron chi connectivity index (χ2n) is 3.85. The van der Waals surface area contributed by atoms with Gasteiger partial charge in [-0.3, -0.25) is 4.98 Å². The van der Waals surface area contributed by atoms with Crippen LogP contribution in [0.1, 0.15) is 17.7 Å². The molecule has 0 aliphatic rings. The lowest BCUT2D eigenvalue weighted by molar-refractivity contribution is 0.148. The van der Waals surface area contributed by atoms with Gasteiger partial charge >= 0.3 is 0 Å². The number of nitrogens with zero attached hydrogens (tertiary/aromatic N) is 1. The smallest absolute Gasteiger partial charge is 0.0616 e. The molecule has 0 saturated carbocycles.